The molecule has 0 amide bonds. The van der Waals surface area contributed by atoms with Gasteiger partial charge in [0.05, 0.1) is 10.7 Å². The van der Waals surface area contributed by atoms with Crippen molar-refractivity contribution in [1.29, 1.82) is 0 Å². The maximum Gasteiger partial charge on any atom is 0.401 e. The molecule has 2 fully saturated rings. The van der Waals surface area contributed by atoms with Crippen molar-refractivity contribution in [3.8, 4) is 5.75 Å². The lowest BCUT2D eigenvalue weighted by Gasteiger charge is -2.48. The van der Waals surface area contributed by atoms with Gasteiger partial charge in [-0.3, -0.25) is 4.79 Å². The summed E-state index contributed by atoms with van der Waals surface area (Å²) in [5, 5.41) is 0. The highest BCUT2D eigenvalue weighted by atomic mass is 35.7. The lowest BCUT2D eigenvalue weighted by Crippen LogP contribution is -2.42. The summed E-state index contributed by atoms with van der Waals surface area (Å²) < 4.78 is 27.0. The number of carbonyl (C=O) groups excluding carboxylic acids is 1. The normalized spacial score (nSPS) is 35.1. The van der Waals surface area contributed by atoms with Gasteiger partial charge in [0.25, 0.3) is 0 Å². The molecule has 4 atom stereocenters. The molecule has 6 heteroatoms. The summed E-state index contributed by atoms with van der Waals surface area (Å²) in [6.07, 6.45) is 5.71. The Kier molecular flexibility index (Phi) is 3.73. The van der Waals surface area contributed by atoms with E-state index >= 15 is 0 Å². The molecular weight excluding hydrogens is 348 g/mol. The minimum atomic E-state index is -4.02. The van der Waals surface area contributed by atoms with E-state index in [9.17, 15) is 13.2 Å². The van der Waals surface area contributed by atoms with E-state index in [1.54, 1.807) is 12.1 Å². The van der Waals surface area contributed by atoms with Gasteiger partial charge in [0.2, 0.25) is 0 Å². The Hall–Kier alpha value is -1.07. The fraction of sp³-hybridized carbons (Fsp3) is 0.611. The number of hydrogen-bond donors (Lipinski definition) is 0. The minimum absolute atomic E-state index is 0.117. The van der Waals surface area contributed by atoms with Crippen molar-refractivity contribution in [3.05, 3.63) is 29.3 Å². The molecule has 130 valence electrons. The van der Waals surface area contributed by atoms with Crippen LogP contribution < -0.4 is 4.18 Å². The van der Waals surface area contributed by atoms with Crippen molar-refractivity contribution in [2.24, 2.45) is 17.3 Å². The van der Waals surface area contributed by atoms with E-state index in [1.165, 1.54) is 5.56 Å². The van der Waals surface area contributed by atoms with E-state index in [1.807, 2.05) is 6.07 Å². The summed E-state index contributed by atoms with van der Waals surface area (Å²) in [7, 11) is 1.15. The summed E-state index contributed by atoms with van der Waals surface area (Å²) in [6.45, 7) is 2.17. The van der Waals surface area contributed by atoms with Crippen LogP contribution in [0, 0.1) is 17.3 Å². The first kappa shape index (κ1) is 16.4. The number of Topliss-reactive ketones (excluding diaryl/α,β-unsaturated/α-hetero) is 1. The highest BCUT2D eigenvalue weighted by Crippen LogP contribution is 2.59. The second kappa shape index (κ2) is 5.46. The molecule has 2 saturated carbocycles. The van der Waals surface area contributed by atoms with Crippen molar-refractivity contribution in [3.63, 3.8) is 0 Å². The number of carbonyl (C=O) groups is 1. The maximum atomic E-state index is 12.3. The fourth-order valence-corrected chi connectivity index (χ4v) is 6.05. The Morgan fingerprint density at radius 3 is 2.75 bits per heavy atom. The summed E-state index contributed by atoms with van der Waals surface area (Å²) in [5.41, 5.74) is 2.34. The Morgan fingerprint density at radius 1 is 1.21 bits per heavy atom. The molecular formula is C18H21ClO4S. The van der Waals surface area contributed by atoms with Gasteiger partial charge >= 0.3 is 9.33 Å². The Labute approximate surface area is 147 Å². The van der Waals surface area contributed by atoms with Gasteiger partial charge in [-0.25, -0.2) is 0 Å². The Balaban J connectivity index is 1.65. The van der Waals surface area contributed by atoms with E-state index in [0.29, 0.717) is 23.5 Å². The summed E-state index contributed by atoms with van der Waals surface area (Å²) in [4.78, 5) is 12.3. The lowest BCUT2D eigenvalue weighted by molar-refractivity contribution is -0.129. The average molecular weight is 369 g/mol. The van der Waals surface area contributed by atoms with Crippen molar-refractivity contribution in [2.45, 2.75) is 51.4 Å². The van der Waals surface area contributed by atoms with Crippen molar-refractivity contribution in [1.82, 2.24) is 0 Å². The van der Waals surface area contributed by atoms with Gasteiger partial charge in [0, 0.05) is 11.8 Å². The van der Waals surface area contributed by atoms with Crippen LogP contribution in [0.15, 0.2) is 18.2 Å². The van der Waals surface area contributed by atoms with Crippen LogP contribution in [0.4, 0.5) is 0 Å². The molecule has 1 aromatic rings. The second-order valence-corrected chi connectivity index (χ2v) is 9.76. The molecule has 0 spiro atoms. The van der Waals surface area contributed by atoms with E-state index in [4.69, 9.17) is 14.9 Å². The molecule has 3 aliphatic rings. The lowest BCUT2D eigenvalue weighted by atomic mass is 9.55. The van der Waals surface area contributed by atoms with Gasteiger partial charge in [-0.1, -0.05) is 13.0 Å². The van der Waals surface area contributed by atoms with E-state index in [2.05, 4.69) is 6.92 Å². The third-order valence-corrected chi connectivity index (χ3v) is 7.18. The molecule has 3 aliphatic carbocycles. The second-order valence-electron chi connectivity index (χ2n) is 7.67. The highest BCUT2D eigenvalue weighted by Gasteiger charge is 2.54. The van der Waals surface area contributed by atoms with Gasteiger partial charge in [0.1, 0.15) is 11.5 Å². The SMILES string of the molecule is C[C@]12CC[C@@H]3c4ccc(OS(=O)(=O)Cl)cc4CC[C@H]3[C@@H]1CCC2=O. The minimum Gasteiger partial charge on any atom is -0.371 e. The van der Waals surface area contributed by atoms with Gasteiger partial charge in [0.15, 0.2) is 0 Å². The van der Waals surface area contributed by atoms with Crippen LogP contribution in [0.25, 0.3) is 0 Å². The standard InChI is InChI=1S/C18H21ClO4S/c1-18-9-8-14-13-5-3-12(23-24(19,21)22)10-11(13)2-4-15(14)16(18)6-7-17(18)20/h3,5,10,14-16H,2,4,6-9H2,1H3/t14-,15-,16+,18+/m1/s1. The maximum absolute atomic E-state index is 12.3. The van der Waals surface area contributed by atoms with Crippen LogP contribution in [-0.4, -0.2) is 14.2 Å². The van der Waals surface area contributed by atoms with E-state index < -0.39 is 9.33 Å². The number of benzene rings is 1. The smallest absolute Gasteiger partial charge is 0.371 e. The number of aryl methyl sites for hydroxylation is 1. The van der Waals surface area contributed by atoms with Gasteiger partial charge in [-0.15, -0.1) is 0 Å². The summed E-state index contributed by atoms with van der Waals surface area (Å²) in [6, 6.07) is 5.48. The van der Waals surface area contributed by atoms with E-state index in [-0.39, 0.29) is 11.2 Å². The Bertz CT molecular complexity index is 803. The molecule has 0 unspecified atom stereocenters. The predicted molar refractivity (Wildman–Crippen MR) is 91.5 cm³/mol. The van der Waals surface area contributed by atoms with Crippen molar-refractivity contribution in [2.75, 3.05) is 0 Å². The first-order valence-corrected chi connectivity index (χ1v) is 10.8. The first-order valence-electron chi connectivity index (χ1n) is 8.58. The molecule has 4 nitrogen and oxygen atoms in total. The highest BCUT2D eigenvalue weighted by molar-refractivity contribution is 8.10. The largest absolute Gasteiger partial charge is 0.401 e. The summed E-state index contributed by atoms with van der Waals surface area (Å²) >= 11 is 0. The topological polar surface area (TPSA) is 60.4 Å². The molecule has 24 heavy (non-hydrogen) atoms. The van der Waals surface area contributed by atoms with Crippen LogP contribution in [0.2, 0.25) is 0 Å². The molecule has 0 N–H and O–H groups in total. The molecule has 0 aromatic heterocycles. The third-order valence-electron chi connectivity index (χ3n) is 6.60. The van der Waals surface area contributed by atoms with Crippen LogP contribution in [0.1, 0.15) is 56.1 Å². The number of hydrogen-bond acceptors (Lipinski definition) is 4. The number of rotatable bonds is 2. The van der Waals surface area contributed by atoms with Crippen LogP contribution >= 0.6 is 10.7 Å². The summed E-state index contributed by atoms with van der Waals surface area (Å²) in [5.74, 6) is 2.26. The van der Waals surface area contributed by atoms with Crippen LogP contribution in [0.5, 0.6) is 5.75 Å². The van der Waals surface area contributed by atoms with Crippen molar-refractivity contribution >= 4 is 25.8 Å². The predicted octanol–water partition coefficient (Wildman–Crippen LogP) is 3.97. The molecule has 0 bridgehead atoms. The molecule has 0 saturated heterocycles. The van der Waals surface area contributed by atoms with Gasteiger partial charge in [-0.05, 0) is 73.1 Å². The Morgan fingerprint density at radius 2 is 2.00 bits per heavy atom. The molecule has 4 rings (SSSR count). The quantitative estimate of drug-likeness (QED) is 0.741. The molecule has 0 aliphatic heterocycles. The van der Waals surface area contributed by atoms with Crippen LogP contribution in [0.3, 0.4) is 0 Å². The zero-order chi connectivity index (χ0) is 17.1. The van der Waals surface area contributed by atoms with Crippen LogP contribution in [-0.2, 0) is 20.5 Å². The van der Waals surface area contributed by atoms with Crippen molar-refractivity contribution < 1.29 is 17.4 Å². The number of halogens is 1. The molecule has 0 radical (unpaired) electrons. The third kappa shape index (κ3) is 2.57. The van der Waals surface area contributed by atoms with Gasteiger partial charge < -0.3 is 4.18 Å². The zero-order valence-corrected chi connectivity index (χ0v) is 15.2. The molecule has 0 heterocycles. The first-order chi connectivity index (χ1) is 11.3. The zero-order valence-electron chi connectivity index (χ0n) is 13.6. The fourth-order valence-electron chi connectivity index (χ4n) is 5.50. The van der Waals surface area contributed by atoms with Gasteiger partial charge in [-0.2, -0.15) is 8.42 Å². The molecule has 1 aromatic carbocycles. The number of ketones is 1. The average Bonchev–Trinajstić information content (AvgIpc) is 2.81. The van der Waals surface area contributed by atoms with E-state index in [0.717, 1.165) is 44.1 Å². The monoisotopic (exact) mass is 368 g/mol. The number of fused-ring (bicyclic) bond motifs is 5.